The number of aliphatic hydroxyl groups is 1. The highest BCUT2D eigenvalue weighted by Gasteiger charge is 2.00. The van der Waals surface area contributed by atoms with Crippen molar-refractivity contribution in [3.63, 3.8) is 0 Å². The number of nitrogens with two attached hydrogens (primary N) is 1. The van der Waals surface area contributed by atoms with E-state index in [4.69, 9.17) is 10.8 Å². The second kappa shape index (κ2) is 6.12. The van der Waals surface area contributed by atoms with Crippen LogP contribution in [0.3, 0.4) is 0 Å². The van der Waals surface area contributed by atoms with Crippen molar-refractivity contribution >= 4 is 11.6 Å². The lowest BCUT2D eigenvalue weighted by atomic mass is 10.0. The van der Waals surface area contributed by atoms with E-state index in [0.717, 1.165) is 5.69 Å². The molecule has 0 radical (unpaired) electrons. The van der Waals surface area contributed by atoms with Gasteiger partial charge < -0.3 is 16.2 Å². The fraction of sp³-hybridized carbons (Fsp3) is 0.417. The minimum absolute atomic E-state index is 0.00835. The number of nitrogens with one attached hydrogen (secondary N) is 1. The van der Waals surface area contributed by atoms with Crippen molar-refractivity contribution in [3.05, 3.63) is 29.8 Å². The summed E-state index contributed by atoms with van der Waals surface area (Å²) in [5.74, 6) is 0.812. The Bertz CT molecular complexity index is 361. The minimum atomic E-state index is 0.00835. The van der Waals surface area contributed by atoms with Crippen LogP contribution < -0.4 is 11.1 Å². The Morgan fingerprint density at radius 2 is 2.25 bits per heavy atom. The number of rotatable bonds is 4. The molecule has 0 spiro atoms. The molecule has 88 valence electrons. The van der Waals surface area contributed by atoms with Gasteiger partial charge in [-0.3, -0.25) is 4.99 Å². The smallest absolute Gasteiger partial charge is 0.193 e. The molecule has 0 saturated heterocycles. The Hall–Kier alpha value is -1.55. The largest absolute Gasteiger partial charge is 0.394 e. The number of aliphatic imine (C=N–C) groups is 1. The predicted octanol–water partition coefficient (Wildman–Crippen LogP) is 1.53. The van der Waals surface area contributed by atoms with Gasteiger partial charge in [-0.25, -0.2) is 0 Å². The van der Waals surface area contributed by atoms with Crippen molar-refractivity contribution in [2.45, 2.75) is 19.8 Å². The summed E-state index contributed by atoms with van der Waals surface area (Å²) in [4.78, 5) is 3.95. The van der Waals surface area contributed by atoms with E-state index < -0.39 is 0 Å². The van der Waals surface area contributed by atoms with Crippen LogP contribution in [-0.4, -0.2) is 24.2 Å². The van der Waals surface area contributed by atoms with E-state index in [1.54, 1.807) is 0 Å². The van der Waals surface area contributed by atoms with Crippen molar-refractivity contribution in [1.29, 1.82) is 0 Å². The lowest BCUT2D eigenvalue weighted by Crippen LogP contribution is -2.23. The molecule has 16 heavy (non-hydrogen) atoms. The molecular formula is C12H19N3O. The monoisotopic (exact) mass is 221 g/mol. The molecule has 0 aromatic heterocycles. The predicted molar refractivity (Wildman–Crippen MR) is 67.7 cm³/mol. The summed E-state index contributed by atoms with van der Waals surface area (Å²) in [6, 6.07) is 8.05. The SMILES string of the molecule is CC(C)c1cccc(NC(N)=NCCO)c1. The zero-order chi connectivity index (χ0) is 12.0. The molecule has 0 heterocycles. The molecular weight excluding hydrogens is 202 g/mol. The molecule has 1 aromatic carbocycles. The zero-order valence-electron chi connectivity index (χ0n) is 9.77. The number of hydrogen-bond acceptors (Lipinski definition) is 2. The summed E-state index contributed by atoms with van der Waals surface area (Å²) in [7, 11) is 0. The molecule has 0 aliphatic rings. The summed E-state index contributed by atoms with van der Waals surface area (Å²) in [6.45, 7) is 4.61. The van der Waals surface area contributed by atoms with Gasteiger partial charge in [-0.05, 0) is 23.6 Å². The normalized spacial score (nSPS) is 11.9. The van der Waals surface area contributed by atoms with Gasteiger partial charge in [0.05, 0.1) is 13.2 Å². The van der Waals surface area contributed by atoms with E-state index in [9.17, 15) is 0 Å². The standard InChI is InChI=1S/C12H19N3O/c1-9(2)10-4-3-5-11(8-10)15-12(13)14-6-7-16/h3-5,8-9,16H,6-7H2,1-2H3,(H3,13,14,15). The fourth-order valence-electron chi connectivity index (χ4n) is 1.33. The van der Waals surface area contributed by atoms with E-state index in [0.29, 0.717) is 18.4 Å². The van der Waals surface area contributed by atoms with E-state index in [2.05, 4.69) is 30.2 Å². The lowest BCUT2D eigenvalue weighted by Gasteiger charge is -2.09. The fourth-order valence-corrected chi connectivity index (χ4v) is 1.33. The van der Waals surface area contributed by atoms with Gasteiger partial charge in [-0.2, -0.15) is 0 Å². The number of nitrogens with zero attached hydrogens (tertiary/aromatic N) is 1. The summed E-state index contributed by atoms with van der Waals surface area (Å²) in [5, 5.41) is 11.6. The molecule has 0 unspecified atom stereocenters. The van der Waals surface area contributed by atoms with Crippen LogP contribution in [0.2, 0.25) is 0 Å². The van der Waals surface area contributed by atoms with Gasteiger partial charge in [-0.1, -0.05) is 26.0 Å². The van der Waals surface area contributed by atoms with Crippen LogP contribution in [0.4, 0.5) is 5.69 Å². The average molecular weight is 221 g/mol. The quantitative estimate of drug-likeness (QED) is 0.533. The van der Waals surface area contributed by atoms with Gasteiger partial charge in [0.1, 0.15) is 0 Å². The number of guanidine groups is 1. The average Bonchev–Trinajstić information content (AvgIpc) is 2.26. The van der Waals surface area contributed by atoms with Crippen LogP contribution in [-0.2, 0) is 0 Å². The van der Waals surface area contributed by atoms with Gasteiger partial charge in [0.25, 0.3) is 0 Å². The summed E-state index contributed by atoms with van der Waals surface area (Å²) in [5.41, 5.74) is 7.82. The second-order valence-electron chi connectivity index (χ2n) is 3.90. The first-order chi connectivity index (χ1) is 7.63. The Morgan fingerprint density at radius 1 is 1.50 bits per heavy atom. The maximum Gasteiger partial charge on any atom is 0.193 e. The number of anilines is 1. The molecule has 0 amide bonds. The number of benzene rings is 1. The first-order valence-corrected chi connectivity index (χ1v) is 5.41. The Balaban J connectivity index is 2.70. The van der Waals surface area contributed by atoms with Gasteiger partial charge in [-0.15, -0.1) is 0 Å². The van der Waals surface area contributed by atoms with Crippen molar-refractivity contribution in [3.8, 4) is 0 Å². The van der Waals surface area contributed by atoms with Crippen LogP contribution in [0.1, 0.15) is 25.3 Å². The third kappa shape index (κ3) is 3.90. The zero-order valence-corrected chi connectivity index (χ0v) is 9.77. The van der Waals surface area contributed by atoms with Gasteiger partial charge in [0.15, 0.2) is 5.96 Å². The van der Waals surface area contributed by atoms with Gasteiger partial charge in [0, 0.05) is 5.69 Å². The third-order valence-electron chi connectivity index (χ3n) is 2.21. The topological polar surface area (TPSA) is 70.6 Å². The van der Waals surface area contributed by atoms with E-state index in [1.165, 1.54) is 5.56 Å². The highest BCUT2D eigenvalue weighted by molar-refractivity contribution is 5.92. The molecule has 1 aromatic rings. The Kier molecular flexibility index (Phi) is 4.79. The van der Waals surface area contributed by atoms with Crippen molar-refractivity contribution in [2.24, 2.45) is 10.7 Å². The van der Waals surface area contributed by atoms with Crippen LogP contribution >= 0.6 is 0 Å². The van der Waals surface area contributed by atoms with Crippen molar-refractivity contribution < 1.29 is 5.11 Å². The highest BCUT2D eigenvalue weighted by atomic mass is 16.3. The molecule has 0 aliphatic heterocycles. The maximum atomic E-state index is 8.61. The highest BCUT2D eigenvalue weighted by Crippen LogP contribution is 2.18. The van der Waals surface area contributed by atoms with E-state index >= 15 is 0 Å². The summed E-state index contributed by atoms with van der Waals surface area (Å²) in [6.07, 6.45) is 0. The van der Waals surface area contributed by atoms with Gasteiger partial charge >= 0.3 is 0 Å². The van der Waals surface area contributed by atoms with E-state index in [-0.39, 0.29) is 6.61 Å². The van der Waals surface area contributed by atoms with Crippen molar-refractivity contribution in [1.82, 2.24) is 0 Å². The first-order valence-electron chi connectivity index (χ1n) is 5.41. The molecule has 4 nitrogen and oxygen atoms in total. The number of hydrogen-bond donors (Lipinski definition) is 3. The van der Waals surface area contributed by atoms with Crippen LogP contribution in [0.25, 0.3) is 0 Å². The summed E-state index contributed by atoms with van der Waals surface area (Å²) < 4.78 is 0. The van der Waals surface area contributed by atoms with E-state index in [1.807, 2.05) is 18.2 Å². The molecule has 0 bridgehead atoms. The maximum absolute atomic E-state index is 8.61. The molecule has 4 N–H and O–H groups in total. The first kappa shape index (κ1) is 12.5. The Labute approximate surface area is 96.2 Å². The van der Waals surface area contributed by atoms with Crippen LogP contribution in [0.5, 0.6) is 0 Å². The molecule has 0 fully saturated rings. The lowest BCUT2D eigenvalue weighted by molar-refractivity contribution is 0.307. The van der Waals surface area contributed by atoms with Crippen LogP contribution in [0.15, 0.2) is 29.3 Å². The molecule has 0 atom stereocenters. The molecule has 0 aliphatic carbocycles. The number of aliphatic hydroxyl groups excluding tert-OH is 1. The van der Waals surface area contributed by atoms with Crippen molar-refractivity contribution in [2.75, 3.05) is 18.5 Å². The summed E-state index contributed by atoms with van der Waals surface area (Å²) >= 11 is 0. The molecule has 0 saturated carbocycles. The third-order valence-corrected chi connectivity index (χ3v) is 2.21. The van der Waals surface area contributed by atoms with Crippen LogP contribution in [0, 0.1) is 0 Å². The molecule has 1 rings (SSSR count). The minimum Gasteiger partial charge on any atom is -0.394 e. The second-order valence-corrected chi connectivity index (χ2v) is 3.90. The molecule has 4 heteroatoms. The Morgan fingerprint density at radius 3 is 2.88 bits per heavy atom. The van der Waals surface area contributed by atoms with Gasteiger partial charge in [0.2, 0.25) is 0 Å².